The summed E-state index contributed by atoms with van der Waals surface area (Å²) in [7, 11) is 0. The Morgan fingerprint density at radius 2 is 2.21 bits per heavy atom. The third-order valence-electron chi connectivity index (χ3n) is 1.64. The summed E-state index contributed by atoms with van der Waals surface area (Å²) < 4.78 is 0. The quantitative estimate of drug-likeness (QED) is 0.755. The van der Waals surface area contributed by atoms with Crippen LogP contribution in [0.2, 0.25) is 5.02 Å². The number of pyridine rings is 1. The summed E-state index contributed by atoms with van der Waals surface area (Å²) >= 11 is 12.9. The van der Waals surface area contributed by atoms with Crippen molar-refractivity contribution in [2.75, 3.05) is 0 Å². The van der Waals surface area contributed by atoms with Gasteiger partial charge in [0.1, 0.15) is 5.01 Å². The molecular weight excluding hydrogens is 239 g/mol. The molecule has 5 heteroatoms. The summed E-state index contributed by atoms with van der Waals surface area (Å²) in [4.78, 5) is 8.48. The van der Waals surface area contributed by atoms with Gasteiger partial charge in [0, 0.05) is 11.6 Å². The van der Waals surface area contributed by atoms with Crippen LogP contribution in [0, 0.1) is 0 Å². The summed E-state index contributed by atoms with van der Waals surface area (Å²) in [5.74, 6) is 0.435. The first-order valence-electron chi connectivity index (χ1n) is 3.92. The van der Waals surface area contributed by atoms with Gasteiger partial charge in [0.2, 0.25) is 0 Å². The highest BCUT2D eigenvalue weighted by molar-refractivity contribution is 7.13. The molecule has 0 aliphatic heterocycles. The fraction of sp³-hybridized carbons (Fsp3) is 0.111. The molecule has 0 atom stereocenters. The van der Waals surface area contributed by atoms with Gasteiger partial charge in [-0.05, 0) is 12.1 Å². The Hall–Kier alpha value is -0.640. The van der Waals surface area contributed by atoms with Crippen molar-refractivity contribution in [3.63, 3.8) is 0 Å². The lowest BCUT2D eigenvalue weighted by Gasteiger charge is -1.94. The summed E-state index contributed by atoms with van der Waals surface area (Å²) in [6.07, 6.45) is 1.61. The molecule has 0 saturated heterocycles. The highest BCUT2D eigenvalue weighted by Gasteiger charge is 2.04. The largest absolute Gasteiger partial charge is 0.252 e. The molecule has 2 nitrogen and oxygen atoms in total. The fourth-order valence-corrected chi connectivity index (χ4v) is 2.12. The normalized spacial score (nSPS) is 10.4. The Labute approximate surface area is 95.5 Å². The average Bonchev–Trinajstić information content (AvgIpc) is 2.67. The molecule has 0 amide bonds. The number of hydrogen-bond donors (Lipinski definition) is 0. The molecule has 0 aromatic carbocycles. The maximum absolute atomic E-state index is 5.73. The molecule has 0 N–H and O–H groups in total. The summed E-state index contributed by atoms with van der Waals surface area (Å²) in [6.45, 7) is 0. The van der Waals surface area contributed by atoms with Gasteiger partial charge in [-0.2, -0.15) is 0 Å². The van der Waals surface area contributed by atoms with Crippen molar-refractivity contribution < 1.29 is 0 Å². The SMILES string of the molecule is ClCc1csc(-c2ccc(Cl)cn2)n1. The molecule has 2 aromatic rings. The average molecular weight is 245 g/mol. The van der Waals surface area contributed by atoms with Crippen LogP contribution in [0.15, 0.2) is 23.7 Å². The first kappa shape index (κ1) is 9.90. The van der Waals surface area contributed by atoms with Crippen molar-refractivity contribution in [2.45, 2.75) is 5.88 Å². The molecule has 0 fully saturated rings. The van der Waals surface area contributed by atoms with E-state index in [1.807, 2.05) is 11.4 Å². The van der Waals surface area contributed by atoms with Crippen molar-refractivity contribution >= 4 is 34.5 Å². The van der Waals surface area contributed by atoms with Gasteiger partial charge in [0.05, 0.1) is 22.3 Å². The monoisotopic (exact) mass is 244 g/mol. The van der Waals surface area contributed by atoms with E-state index >= 15 is 0 Å². The molecule has 0 aliphatic rings. The molecule has 2 aromatic heterocycles. The predicted octanol–water partition coefficient (Wildman–Crippen LogP) is 3.60. The second kappa shape index (κ2) is 4.26. The van der Waals surface area contributed by atoms with Crippen molar-refractivity contribution in [2.24, 2.45) is 0 Å². The summed E-state index contributed by atoms with van der Waals surface area (Å²) in [6, 6.07) is 3.64. The maximum Gasteiger partial charge on any atom is 0.142 e. The van der Waals surface area contributed by atoms with Gasteiger partial charge in [-0.15, -0.1) is 22.9 Å². The minimum atomic E-state index is 0.435. The van der Waals surface area contributed by atoms with Crippen LogP contribution in [0.1, 0.15) is 5.69 Å². The van der Waals surface area contributed by atoms with E-state index in [0.717, 1.165) is 16.4 Å². The lowest BCUT2D eigenvalue weighted by molar-refractivity contribution is 1.21. The van der Waals surface area contributed by atoms with Gasteiger partial charge in [-0.1, -0.05) is 11.6 Å². The number of rotatable bonds is 2. The Balaban J connectivity index is 2.34. The van der Waals surface area contributed by atoms with E-state index in [4.69, 9.17) is 23.2 Å². The predicted molar refractivity (Wildman–Crippen MR) is 59.9 cm³/mol. The van der Waals surface area contributed by atoms with Crippen molar-refractivity contribution in [1.82, 2.24) is 9.97 Å². The van der Waals surface area contributed by atoms with E-state index in [-0.39, 0.29) is 0 Å². The lowest BCUT2D eigenvalue weighted by atomic mass is 10.4. The van der Waals surface area contributed by atoms with E-state index in [1.54, 1.807) is 12.3 Å². The zero-order valence-electron chi connectivity index (χ0n) is 7.08. The van der Waals surface area contributed by atoms with Gasteiger partial charge in [0.15, 0.2) is 0 Å². The number of halogens is 2. The van der Waals surface area contributed by atoms with Gasteiger partial charge in [-0.25, -0.2) is 4.98 Å². The fourth-order valence-electron chi connectivity index (χ4n) is 0.988. The van der Waals surface area contributed by atoms with Gasteiger partial charge in [0.25, 0.3) is 0 Å². The molecule has 0 unspecified atom stereocenters. The number of alkyl halides is 1. The van der Waals surface area contributed by atoms with Crippen molar-refractivity contribution in [1.29, 1.82) is 0 Å². The standard InChI is InChI=1S/C9H6Cl2N2S/c10-3-7-5-14-9(13-7)8-2-1-6(11)4-12-8/h1-2,4-5H,3H2. The Morgan fingerprint density at radius 3 is 2.79 bits per heavy atom. The number of hydrogen-bond acceptors (Lipinski definition) is 3. The second-order valence-electron chi connectivity index (χ2n) is 2.64. The number of thiazole rings is 1. The molecule has 0 radical (unpaired) electrons. The van der Waals surface area contributed by atoms with Crippen LogP contribution >= 0.6 is 34.5 Å². The first-order valence-corrected chi connectivity index (χ1v) is 5.71. The molecular formula is C9H6Cl2N2S. The first-order chi connectivity index (χ1) is 6.79. The van der Waals surface area contributed by atoms with Crippen LogP contribution < -0.4 is 0 Å². The number of aromatic nitrogens is 2. The smallest absolute Gasteiger partial charge is 0.142 e. The van der Waals surface area contributed by atoms with Gasteiger partial charge < -0.3 is 0 Å². The van der Waals surface area contributed by atoms with Crippen LogP contribution in [0.4, 0.5) is 0 Å². The number of nitrogens with zero attached hydrogens (tertiary/aromatic N) is 2. The molecule has 14 heavy (non-hydrogen) atoms. The minimum absolute atomic E-state index is 0.435. The highest BCUT2D eigenvalue weighted by Crippen LogP contribution is 2.23. The summed E-state index contributed by atoms with van der Waals surface area (Å²) in [5, 5.41) is 3.43. The lowest BCUT2D eigenvalue weighted by Crippen LogP contribution is -1.82. The maximum atomic E-state index is 5.73. The van der Waals surface area contributed by atoms with Crippen LogP contribution in [-0.4, -0.2) is 9.97 Å². The third-order valence-corrected chi connectivity index (χ3v) is 3.05. The van der Waals surface area contributed by atoms with E-state index < -0.39 is 0 Å². The van der Waals surface area contributed by atoms with Crippen molar-refractivity contribution in [3.8, 4) is 10.7 Å². The Bertz CT molecular complexity index is 425. The molecule has 0 bridgehead atoms. The summed E-state index contributed by atoms with van der Waals surface area (Å²) in [5.41, 5.74) is 1.71. The van der Waals surface area contributed by atoms with Crippen LogP contribution in [0.3, 0.4) is 0 Å². The zero-order chi connectivity index (χ0) is 9.97. The van der Waals surface area contributed by atoms with Crippen LogP contribution in [-0.2, 0) is 5.88 Å². The topological polar surface area (TPSA) is 25.8 Å². The molecule has 0 saturated carbocycles. The van der Waals surface area contributed by atoms with E-state index in [2.05, 4.69) is 9.97 Å². The Morgan fingerprint density at radius 1 is 1.36 bits per heavy atom. The van der Waals surface area contributed by atoms with E-state index in [1.165, 1.54) is 11.3 Å². The highest BCUT2D eigenvalue weighted by atomic mass is 35.5. The van der Waals surface area contributed by atoms with Crippen LogP contribution in [0.25, 0.3) is 10.7 Å². The molecule has 2 heterocycles. The Kier molecular flexibility index (Phi) is 3.01. The van der Waals surface area contributed by atoms with Crippen LogP contribution in [0.5, 0.6) is 0 Å². The zero-order valence-corrected chi connectivity index (χ0v) is 9.40. The minimum Gasteiger partial charge on any atom is -0.252 e. The van der Waals surface area contributed by atoms with E-state index in [0.29, 0.717) is 10.9 Å². The van der Waals surface area contributed by atoms with Gasteiger partial charge in [-0.3, -0.25) is 4.98 Å². The van der Waals surface area contributed by atoms with Gasteiger partial charge >= 0.3 is 0 Å². The second-order valence-corrected chi connectivity index (χ2v) is 4.20. The molecule has 72 valence electrons. The molecule has 0 aliphatic carbocycles. The third kappa shape index (κ3) is 2.05. The van der Waals surface area contributed by atoms with Crippen molar-refractivity contribution in [3.05, 3.63) is 34.4 Å². The van der Waals surface area contributed by atoms with E-state index in [9.17, 15) is 0 Å². The molecule has 0 spiro atoms. The molecule has 2 rings (SSSR count).